The summed E-state index contributed by atoms with van der Waals surface area (Å²) in [6, 6.07) is 14.9. The Bertz CT molecular complexity index is 895. The molecule has 2 atom stereocenters. The third-order valence-electron chi connectivity index (χ3n) is 5.19. The Morgan fingerprint density at radius 3 is 2.45 bits per heavy atom. The monoisotopic (exact) mass is 423 g/mol. The van der Waals surface area contributed by atoms with Crippen molar-refractivity contribution in [3.05, 3.63) is 70.8 Å². The van der Waals surface area contributed by atoms with Crippen molar-refractivity contribution in [2.75, 3.05) is 13.1 Å². The highest BCUT2D eigenvalue weighted by atomic mass is 16.2. The number of aryl methyl sites for hydroxylation is 1. The van der Waals surface area contributed by atoms with E-state index in [0.29, 0.717) is 24.6 Å². The SMILES string of the molecule is CC[C@@H](CNCC(=O)N[C@@H](C)C(=O)NCc1ccc(C(=N)N)cc1)c1cccc(C)c1. The van der Waals surface area contributed by atoms with E-state index in [2.05, 4.69) is 54.1 Å². The Labute approximate surface area is 184 Å². The number of hydrogen-bond donors (Lipinski definition) is 5. The molecule has 0 radical (unpaired) electrons. The summed E-state index contributed by atoms with van der Waals surface area (Å²) in [5, 5.41) is 16.1. The van der Waals surface area contributed by atoms with E-state index in [1.54, 1.807) is 19.1 Å². The predicted molar refractivity (Wildman–Crippen MR) is 124 cm³/mol. The van der Waals surface area contributed by atoms with Crippen molar-refractivity contribution in [2.24, 2.45) is 5.73 Å². The number of amidine groups is 1. The second-order valence-electron chi connectivity index (χ2n) is 7.77. The number of benzene rings is 2. The molecule has 31 heavy (non-hydrogen) atoms. The molecule has 7 nitrogen and oxygen atoms in total. The van der Waals surface area contributed by atoms with Crippen LogP contribution in [-0.4, -0.2) is 36.8 Å². The van der Waals surface area contributed by atoms with Gasteiger partial charge in [-0.3, -0.25) is 15.0 Å². The van der Waals surface area contributed by atoms with Crippen LogP contribution in [-0.2, 0) is 16.1 Å². The minimum atomic E-state index is -0.635. The quantitative estimate of drug-likeness (QED) is 0.281. The minimum Gasteiger partial charge on any atom is -0.384 e. The molecule has 0 aliphatic carbocycles. The Morgan fingerprint density at radius 1 is 1.13 bits per heavy atom. The van der Waals surface area contributed by atoms with Crippen LogP contribution >= 0.6 is 0 Å². The standard InChI is InChI=1S/C24H33N5O2/c1-4-19(21-7-5-6-16(2)12-21)14-27-15-22(30)29-17(3)24(31)28-13-18-8-10-20(11-9-18)23(25)26/h5-12,17,19,27H,4,13-15H2,1-3H3,(H3,25,26)(H,28,31)(H,29,30)/t17-,19-/m0/s1. The summed E-state index contributed by atoms with van der Waals surface area (Å²) in [6.45, 7) is 7.06. The van der Waals surface area contributed by atoms with Crippen molar-refractivity contribution in [3.8, 4) is 0 Å². The zero-order valence-corrected chi connectivity index (χ0v) is 18.5. The Hall–Kier alpha value is -3.19. The summed E-state index contributed by atoms with van der Waals surface area (Å²) in [7, 11) is 0. The van der Waals surface area contributed by atoms with E-state index in [1.165, 1.54) is 11.1 Å². The summed E-state index contributed by atoms with van der Waals surface area (Å²) in [5.74, 6) is -0.129. The van der Waals surface area contributed by atoms with Gasteiger partial charge in [0.25, 0.3) is 0 Å². The van der Waals surface area contributed by atoms with Crippen molar-refractivity contribution in [2.45, 2.75) is 45.7 Å². The lowest BCUT2D eigenvalue weighted by Gasteiger charge is -2.18. The van der Waals surface area contributed by atoms with Gasteiger partial charge in [0.2, 0.25) is 11.8 Å². The van der Waals surface area contributed by atoms with Crippen molar-refractivity contribution < 1.29 is 9.59 Å². The first kappa shape index (κ1) is 24.1. The Balaban J connectivity index is 1.73. The predicted octanol–water partition coefficient (Wildman–Crippen LogP) is 2.18. The molecule has 2 rings (SSSR count). The fourth-order valence-electron chi connectivity index (χ4n) is 3.28. The van der Waals surface area contributed by atoms with Gasteiger partial charge in [-0.25, -0.2) is 0 Å². The van der Waals surface area contributed by atoms with Gasteiger partial charge in [0.05, 0.1) is 6.54 Å². The Morgan fingerprint density at radius 2 is 1.84 bits per heavy atom. The number of carbonyl (C=O) groups is 2. The van der Waals surface area contributed by atoms with Crippen molar-refractivity contribution in [1.29, 1.82) is 5.41 Å². The number of nitrogens with two attached hydrogens (primary N) is 1. The normalized spacial score (nSPS) is 12.6. The van der Waals surface area contributed by atoms with Crippen LogP contribution in [0.2, 0.25) is 0 Å². The molecule has 7 heteroatoms. The van der Waals surface area contributed by atoms with Crippen LogP contribution in [0, 0.1) is 12.3 Å². The second-order valence-corrected chi connectivity index (χ2v) is 7.77. The second kappa shape index (κ2) is 11.9. The summed E-state index contributed by atoms with van der Waals surface area (Å²) in [4.78, 5) is 24.5. The lowest BCUT2D eigenvalue weighted by Crippen LogP contribution is -2.47. The molecule has 166 valence electrons. The first-order valence-electron chi connectivity index (χ1n) is 10.6. The first-order valence-corrected chi connectivity index (χ1v) is 10.6. The topological polar surface area (TPSA) is 120 Å². The molecule has 2 amide bonds. The van der Waals surface area contributed by atoms with Gasteiger partial charge < -0.3 is 21.7 Å². The summed E-state index contributed by atoms with van der Waals surface area (Å²) in [5.41, 5.74) is 9.45. The van der Waals surface area contributed by atoms with Gasteiger partial charge in [0.15, 0.2) is 0 Å². The van der Waals surface area contributed by atoms with Gasteiger partial charge in [-0.2, -0.15) is 0 Å². The average molecular weight is 424 g/mol. The summed E-state index contributed by atoms with van der Waals surface area (Å²) in [6.07, 6.45) is 0.976. The van der Waals surface area contributed by atoms with Crippen molar-refractivity contribution in [3.63, 3.8) is 0 Å². The number of nitrogen functional groups attached to an aromatic ring is 1. The van der Waals surface area contributed by atoms with Gasteiger partial charge in [-0.05, 0) is 37.3 Å². The molecule has 0 unspecified atom stereocenters. The molecular weight excluding hydrogens is 390 g/mol. The molecule has 0 aromatic heterocycles. The van der Waals surface area contributed by atoms with Gasteiger partial charge in [-0.15, -0.1) is 0 Å². The van der Waals surface area contributed by atoms with Gasteiger partial charge in [0.1, 0.15) is 11.9 Å². The highest BCUT2D eigenvalue weighted by molar-refractivity contribution is 5.94. The lowest BCUT2D eigenvalue weighted by atomic mass is 9.95. The van der Waals surface area contributed by atoms with Gasteiger partial charge in [0, 0.05) is 18.7 Å². The van der Waals surface area contributed by atoms with Crippen LogP contribution in [0.5, 0.6) is 0 Å². The maximum absolute atomic E-state index is 12.3. The van der Waals surface area contributed by atoms with E-state index in [1.807, 2.05) is 12.1 Å². The average Bonchev–Trinajstić information content (AvgIpc) is 2.75. The number of amides is 2. The number of nitrogens with one attached hydrogen (secondary N) is 4. The smallest absolute Gasteiger partial charge is 0.242 e. The maximum atomic E-state index is 12.3. The zero-order valence-electron chi connectivity index (χ0n) is 18.5. The van der Waals surface area contributed by atoms with E-state index in [4.69, 9.17) is 11.1 Å². The maximum Gasteiger partial charge on any atom is 0.242 e. The van der Waals surface area contributed by atoms with Crippen LogP contribution < -0.4 is 21.7 Å². The molecule has 0 fully saturated rings. The summed E-state index contributed by atoms with van der Waals surface area (Å²) >= 11 is 0. The van der Waals surface area contributed by atoms with Crippen LogP contribution in [0.1, 0.15) is 48.4 Å². The van der Waals surface area contributed by atoms with Gasteiger partial charge >= 0.3 is 0 Å². The third kappa shape index (κ3) is 7.86. The van der Waals surface area contributed by atoms with E-state index < -0.39 is 6.04 Å². The molecule has 0 spiro atoms. The lowest BCUT2D eigenvalue weighted by molar-refractivity contribution is -0.128. The molecule has 6 N–H and O–H groups in total. The van der Waals surface area contributed by atoms with Crippen molar-refractivity contribution in [1.82, 2.24) is 16.0 Å². The fourth-order valence-corrected chi connectivity index (χ4v) is 3.28. The molecule has 2 aromatic rings. The third-order valence-corrected chi connectivity index (χ3v) is 5.19. The van der Waals surface area contributed by atoms with Crippen molar-refractivity contribution >= 4 is 17.6 Å². The number of carbonyl (C=O) groups excluding carboxylic acids is 2. The van der Waals surface area contributed by atoms with E-state index in [0.717, 1.165) is 12.0 Å². The van der Waals surface area contributed by atoms with E-state index in [9.17, 15) is 9.59 Å². The molecule has 0 saturated heterocycles. The largest absolute Gasteiger partial charge is 0.384 e. The summed E-state index contributed by atoms with van der Waals surface area (Å²) < 4.78 is 0. The Kier molecular flexibility index (Phi) is 9.21. The number of rotatable bonds is 11. The first-order chi connectivity index (χ1) is 14.8. The van der Waals surface area contributed by atoms with E-state index >= 15 is 0 Å². The molecule has 0 aliphatic heterocycles. The van der Waals surface area contributed by atoms with Crippen LogP contribution in [0.15, 0.2) is 48.5 Å². The molecule has 0 heterocycles. The fraction of sp³-hybridized carbons (Fsp3) is 0.375. The molecule has 0 saturated carbocycles. The van der Waals surface area contributed by atoms with Crippen LogP contribution in [0.3, 0.4) is 0 Å². The van der Waals surface area contributed by atoms with Gasteiger partial charge in [-0.1, -0.05) is 61.0 Å². The van der Waals surface area contributed by atoms with E-state index in [-0.39, 0.29) is 24.2 Å². The van der Waals surface area contributed by atoms with Crippen LogP contribution in [0.4, 0.5) is 0 Å². The minimum absolute atomic E-state index is 0.00432. The number of hydrogen-bond acceptors (Lipinski definition) is 4. The highest BCUT2D eigenvalue weighted by Gasteiger charge is 2.16. The molecule has 2 aromatic carbocycles. The molecule has 0 aliphatic rings. The molecular formula is C24H33N5O2. The highest BCUT2D eigenvalue weighted by Crippen LogP contribution is 2.19. The molecule has 0 bridgehead atoms. The van der Waals surface area contributed by atoms with Crippen LogP contribution in [0.25, 0.3) is 0 Å². The zero-order chi connectivity index (χ0) is 22.8.